The second kappa shape index (κ2) is 5.71. The quantitative estimate of drug-likeness (QED) is 0.826. The van der Waals surface area contributed by atoms with Crippen molar-refractivity contribution in [3.05, 3.63) is 29.3 Å². The smallest absolute Gasteiger partial charge is 0.319 e. The van der Waals surface area contributed by atoms with Gasteiger partial charge in [-0.25, -0.2) is 4.79 Å². The second-order valence-corrected chi connectivity index (χ2v) is 4.93. The highest BCUT2D eigenvalue weighted by Crippen LogP contribution is 2.14. The van der Waals surface area contributed by atoms with Crippen LogP contribution in [0.2, 0.25) is 0 Å². The zero-order valence-corrected chi connectivity index (χ0v) is 11.3. The minimum absolute atomic E-state index is 0.144. The van der Waals surface area contributed by atoms with Gasteiger partial charge in [-0.15, -0.1) is 0 Å². The zero-order valence-electron chi connectivity index (χ0n) is 11.3. The molecule has 0 aliphatic rings. The largest absolute Gasteiger partial charge is 0.335 e. The second-order valence-electron chi connectivity index (χ2n) is 4.93. The summed E-state index contributed by atoms with van der Waals surface area (Å²) in [7, 11) is 0. The molecule has 0 saturated heterocycles. The van der Waals surface area contributed by atoms with Crippen LogP contribution in [0.15, 0.2) is 18.2 Å². The summed E-state index contributed by atoms with van der Waals surface area (Å²) in [5.41, 5.74) is 3.24. The number of carbonyl (C=O) groups is 1. The fourth-order valence-corrected chi connectivity index (χ4v) is 1.36. The van der Waals surface area contributed by atoms with E-state index in [-0.39, 0.29) is 12.1 Å². The molecule has 1 aromatic rings. The Labute approximate surface area is 104 Å². The molecule has 2 amide bonds. The third-order valence-electron chi connectivity index (χ3n) is 3.12. The summed E-state index contributed by atoms with van der Waals surface area (Å²) in [5.74, 6) is 0.431. The van der Waals surface area contributed by atoms with Gasteiger partial charge in [0.2, 0.25) is 0 Å². The standard InChI is InChI=1S/C14H22N2O/c1-9(2)12(5)15-14(17)16-13-7-6-10(3)11(4)8-13/h6-9,12H,1-5H3,(H2,15,16,17). The number of hydrogen-bond acceptors (Lipinski definition) is 1. The minimum Gasteiger partial charge on any atom is -0.335 e. The Morgan fingerprint density at radius 2 is 1.76 bits per heavy atom. The Morgan fingerprint density at radius 3 is 2.29 bits per heavy atom. The van der Waals surface area contributed by atoms with E-state index in [1.807, 2.05) is 32.0 Å². The van der Waals surface area contributed by atoms with Crippen molar-refractivity contribution in [1.29, 1.82) is 0 Å². The van der Waals surface area contributed by atoms with Crippen LogP contribution in [0.5, 0.6) is 0 Å². The maximum atomic E-state index is 11.7. The van der Waals surface area contributed by atoms with E-state index >= 15 is 0 Å². The third kappa shape index (κ3) is 4.10. The maximum absolute atomic E-state index is 11.7. The van der Waals surface area contributed by atoms with Crippen LogP contribution in [0.25, 0.3) is 0 Å². The molecule has 0 heterocycles. The van der Waals surface area contributed by atoms with Crippen molar-refractivity contribution in [2.45, 2.75) is 40.7 Å². The van der Waals surface area contributed by atoms with Crippen LogP contribution < -0.4 is 10.6 Å². The number of nitrogens with one attached hydrogen (secondary N) is 2. The van der Waals surface area contributed by atoms with Crippen LogP contribution in [-0.2, 0) is 0 Å². The number of urea groups is 1. The normalized spacial score (nSPS) is 12.4. The van der Waals surface area contributed by atoms with Gasteiger partial charge in [-0.1, -0.05) is 19.9 Å². The van der Waals surface area contributed by atoms with Crippen LogP contribution >= 0.6 is 0 Å². The highest BCUT2D eigenvalue weighted by atomic mass is 16.2. The summed E-state index contributed by atoms with van der Waals surface area (Å²) in [6.45, 7) is 10.3. The molecule has 0 aliphatic carbocycles. The van der Waals surface area contributed by atoms with Crippen molar-refractivity contribution in [2.24, 2.45) is 5.92 Å². The molecule has 0 saturated carbocycles. The van der Waals surface area contributed by atoms with Gasteiger partial charge in [0, 0.05) is 11.7 Å². The van der Waals surface area contributed by atoms with Crippen molar-refractivity contribution in [2.75, 3.05) is 5.32 Å². The predicted octanol–water partition coefficient (Wildman–Crippen LogP) is 3.47. The first-order valence-electron chi connectivity index (χ1n) is 6.05. The molecule has 0 bridgehead atoms. The van der Waals surface area contributed by atoms with Crippen LogP contribution in [0, 0.1) is 19.8 Å². The summed E-state index contributed by atoms with van der Waals surface area (Å²) < 4.78 is 0. The highest BCUT2D eigenvalue weighted by Gasteiger charge is 2.10. The Bertz CT molecular complexity index is 399. The average Bonchev–Trinajstić information content (AvgIpc) is 2.23. The number of hydrogen-bond donors (Lipinski definition) is 2. The molecule has 0 aliphatic heterocycles. The van der Waals surface area contributed by atoms with E-state index < -0.39 is 0 Å². The Hall–Kier alpha value is -1.51. The number of aryl methyl sites for hydroxylation is 2. The molecule has 3 nitrogen and oxygen atoms in total. The lowest BCUT2D eigenvalue weighted by atomic mass is 10.1. The SMILES string of the molecule is Cc1ccc(NC(=O)NC(C)C(C)C)cc1C. The van der Waals surface area contributed by atoms with Crippen LogP contribution in [0.3, 0.4) is 0 Å². The fraction of sp³-hybridized carbons (Fsp3) is 0.500. The first kappa shape index (κ1) is 13.6. The van der Waals surface area contributed by atoms with Gasteiger partial charge in [-0.3, -0.25) is 0 Å². The molecular weight excluding hydrogens is 212 g/mol. The summed E-state index contributed by atoms with van der Waals surface area (Å²) in [4.78, 5) is 11.7. The summed E-state index contributed by atoms with van der Waals surface area (Å²) in [5, 5.41) is 5.76. The number of rotatable bonds is 3. The van der Waals surface area contributed by atoms with E-state index in [9.17, 15) is 4.79 Å². The first-order valence-corrected chi connectivity index (χ1v) is 6.05. The molecule has 1 rings (SSSR count). The molecule has 0 radical (unpaired) electrons. The van der Waals surface area contributed by atoms with E-state index in [0.29, 0.717) is 5.92 Å². The monoisotopic (exact) mass is 234 g/mol. The maximum Gasteiger partial charge on any atom is 0.319 e. The lowest BCUT2D eigenvalue weighted by Gasteiger charge is -2.18. The van der Waals surface area contributed by atoms with Gasteiger partial charge < -0.3 is 10.6 Å². The van der Waals surface area contributed by atoms with Crippen LogP contribution in [0.4, 0.5) is 10.5 Å². The van der Waals surface area contributed by atoms with Crippen molar-refractivity contribution < 1.29 is 4.79 Å². The molecule has 0 aromatic heterocycles. The Kier molecular flexibility index (Phi) is 4.55. The molecule has 17 heavy (non-hydrogen) atoms. The van der Waals surface area contributed by atoms with E-state index in [1.165, 1.54) is 11.1 Å². The minimum atomic E-state index is -0.144. The third-order valence-corrected chi connectivity index (χ3v) is 3.12. The van der Waals surface area contributed by atoms with E-state index in [1.54, 1.807) is 0 Å². The first-order chi connectivity index (χ1) is 7.90. The van der Waals surface area contributed by atoms with E-state index in [2.05, 4.69) is 31.4 Å². The number of carbonyl (C=O) groups excluding carboxylic acids is 1. The summed E-state index contributed by atoms with van der Waals surface area (Å²) >= 11 is 0. The summed E-state index contributed by atoms with van der Waals surface area (Å²) in [6.07, 6.45) is 0. The van der Waals surface area contributed by atoms with Crippen LogP contribution in [0.1, 0.15) is 31.9 Å². The van der Waals surface area contributed by atoms with Gasteiger partial charge >= 0.3 is 6.03 Å². The highest BCUT2D eigenvalue weighted by molar-refractivity contribution is 5.89. The lowest BCUT2D eigenvalue weighted by Crippen LogP contribution is -2.39. The predicted molar refractivity (Wildman–Crippen MR) is 72.4 cm³/mol. The van der Waals surface area contributed by atoms with Crippen molar-refractivity contribution in [1.82, 2.24) is 5.32 Å². The molecule has 1 aromatic carbocycles. The van der Waals surface area contributed by atoms with Crippen molar-refractivity contribution in [3.63, 3.8) is 0 Å². The van der Waals surface area contributed by atoms with Gasteiger partial charge in [0.15, 0.2) is 0 Å². The van der Waals surface area contributed by atoms with Gasteiger partial charge in [-0.05, 0) is 49.9 Å². The number of benzene rings is 1. The van der Waals surface area contributed by atoms with E-state index in [4.69, 9.17) is 0 Å². The average molecular weight is 234 g/mol. The molecule has 0 spiro atoms. The Balaban J connectivity index is 2.59. The number of anilines is 1. The molecule has 2 N–H and O–H groups in total. The van der Waals surface area contributed by atoms with Gasteiger partial charge in [-0.2, -0.15) is 0 Å². The number of amides is 2. The van der Waals surface area contributed by atoms with Gasteiger partial charge in [0.25, 0.3) is 0 Å². The zero-order chi connectivity index (χ0) is 13.0. The van der Waals surface area contributed by atoms with Crippen LogP contribution in [-0.4, -0.2) is 12.1 Å². The molecule has 1 unspecified atom stereocenters. The fourth-order valence-electron chi connectivity index (χ4n) is 1.36. The molecule has 1 atom stereocenters. The molecule has 3 heteroatoms. The molecule has 94 valence electrons. The molecular formula is C14H22N2O. The van der Waals surface area contributed by atoms with E-state index in [0.717, 1.165) is 5.69 Å². The topological polar surface area (TPSA) is 41.1 Å². The van der Waals surface area contributed by atoms with Crippen molar-refractivity contribution in [3.8, 4) is 0 Å². The lowest BCUT2D eigenvalue weighted by molar-refractivity contribution is 0.246. The van der Waals surface area contributed by atoms with Gasteiger partial charge in [0.1, 0.15) is 0 Å². The Morgan fingerprint density at radius 1 is 1.12 bits per heavy atom. The molecule has 0 fully saturated rings. The summed E-state index contributed by atoms with van der Waals surface area (Å²) in [6, 6.07) is 5.93. The van der Waals surface area contributed by atoms with Gasteiger partial charge in [0.05, 0.1) is 0 Å². The van der Waals surface area contributed by atoms with Crippen molar-refractivity contribution >= 4 is 11.7 Å².